The average Bonchev–Trinajstić information content (AvgIpc) is 2.69. The number of halogens is 3. The van der Waals surface area contributed by atoms with Crippen LogP contribution in [0.5, 0.6) is 17.2 Å². The fourth-order valence-electron chi connectivity index (χ4n) is 2.06. The minimum absolute atomic E-state index is 0.274. The van der Waals surface area contributed by atoms with Crippen molar-refractivity contribution in [2.24, 2.45) is 5.10 Å². The van der Waals surface area contributed by atoms with Crippen molar-refractivity contribution in [1.82, 2.24) is 5.43 Å². The van der Waals surface area contributed by atoms with Crippen LogP contribution < -0.4 is 14.9 Å². The average molecular weight is 445 g/mol. The lowest BCUT2D eigenvalue weighted by Crippen LogP contribution is -2.33. The highest BCUT2D eigenvalue weighted by atomic mass is 32.2. The van der Waals surface area contributed by atoms with Crippen molar-refractivity contribution in [3.05, 3.63) is 54.1 Å². The summed E-state index contributed by atoms with van der Waals surface area (Å²) >= 11 is 2.84. The van der Waals surface area contributed by atoms with E-state index in [1.165, 1.54) is 35.7 Å². The first-order valence-corrected chi connectivity index (χ1v) is 10.7. The van der Waals surface area contributed by atoms with Crippen molar-refractivity contribution >= 4 is 33.8 Å². The van der Waals surface area contributed by atoms with Crippen LogP contribution in [0.4, 0.5) is 13.2 Å². The molecule has 1 N–H and O–H groups in total. The Bertz CT molecular complexity index is 835. The number of thioether (sulfide) groups is 2. The Kier molecular flexibility index (Phi) is 8.27. The third kappa shape index (κ3) is 7.21. The van der Waals surface area contributed by atoms with Gasteiger partial charge in [-0.2, -0.15) is 18.3 Å². The number of hydrogen-bond acceptors (Lipinski definition) is 6. The summed E-state index contributed by atoms with van der Waals surface area (Å²) in [6, 6.07) is 10.8. The molecule has 0 aliphatic rings. The van der Waals surface area contributed by atoms with Crippen LogP contribution in [-0.2, 0) is 11.0 Å². The van der Waals surface area contributed by atoms with Crippen LogP contribution in [0.2, 0.25) is 0 Å². The molecule has 0 radical (unpaired) electrons. The zero-order chi connectivity index (χ0) is 21.4. The first kappa shape index (κ1) is 23.0. The molecule has 2 aromatic rings. The summed E-state index contributed by atoms with van der Waals surface area (Å²) in [5.74, 6) is 0.737. The van der Waals surface area contributed by atoms with Crippen molar-refractivity contribution in [1.29, 1.82) is 0 Å². The zero-order valence-electron chi connectivity index (χ0n) is 15.8. The number of benzene rings is 2. The monoisotopic (exact) mass is 444 g/mol. The second kappa shape index (κ2) is 10.4. The van der Waals surface area contributed by atoms with Gasteiger partial charge in [0.05, 0.1) is 5.56 Å². The van der Waals surface area contributed by atoms with Gasteiger partial charge < -0.3 is 9.47 Å². The molecule has 0 aromatic heterocycles. The number of nitrogens with zero attached hydrogens (tertiary/aromatic N) is 1. The molecule has 0 aliphatic heterocycles. The van der Waals surface area contributed by atoms with Crippen LogP contribution in [0, 0.1) is 0 Å². The molecule has 2 rings (SSSR count). The van der Waals surface area contributed by atoms with Crippen molar-refractivity contribution < 1.29 is 27.4 Å². The summed E-state index contributed by atoms with van der Waals surface area (Å²) in [5, 5.41) is 3.98. The zero-order valence-corrected chi connectivity index (χ0v) is 17.5. The molecule has 10 heteroatoms. The first-order chi connectivity index (χ1) is 13.7. The van der Waals surface area contributed by atoms with Crippen LogP contribution in [0.3, 0.4) is 0 Å². The number of ether oxygens (including phenoxy) is 2. The van der Waals surface area contributed by atoms with E-state index in [1.54, 1.807) is 31.2 Å². The Hall–Kier alpha value is -2.33. The van der Waals surface area contributed by atoms with Crippen LogP contribution in [0.25, 0.3) is 0 Å². The molecule has 0 heterocycles. The Labute approximate surface area is 175 Å². The van der Waals surface area contributed by atoms with Gasteiger partial charge in [0.15, 0.2) is 6.10 Å². The lowest BCUT2D eigenvalue weighted by Gasteiger charge is -2.14. The van der Waals surface area contributed by atoms with Gasteiger partial charge in [0.1, 0.15) is 21.6 Å². The Morgan fingerprint density at radius 3 is 1.93 bits per heavy atom. The largest absolute Gasteiger partial charge is 0.481 e. The summed E-state index contributed by atoms with van der Waals surface area (Å²) in [6.07, 6.45) is -1.45. The number of hydrogen-bond donors (Lipinski definition) is 1. The number of carbonyl (C=O) groups is 1. The molecular weight excluding hydrogens is 425 g/mol. The molecule has 0 saturated carbocycles. The Balaban J connectivity index is 1.92. The standard InChI is InChI=1S/C19H19F3N2O3S2/c1-12(17(25)23-24-18(28-2)29-3)26-14-8-10-16(11-9-14)27-15-6-4-13(5-7-15)19(20,21)22/h4-12H,1-3H3,(H,23,25)/t12-/m1/s1. The van der Waals surface area contributed by atoms with Gasteiger partial charge in [-0.25, -0.2) is 5.43 Å². The van der Waals surface area contributed by atoms with E-state index in [4.69, 9.17) is 9.47 Å². The predicted octanol–water partition coefficient (Wildman–Crippen LogP) is 5.38. The smallest absolute Gasteiger partial charge is 0.416 e. The molecule has 156 valence electrons. The van der Waals surface area contributed by atoms with Crippen molar-refractivity contribution in [3.63, 3.8) is 0 Å². The quantitative estimate of drug-likeness (QED) is 0.368. The molecule has 0 aliphatic carbocycles. The van der Waals surface area contributed by atoms with Gasteiger partial charge in [0.25, 0.3) is 5.91 Å². The molecule has 2 aromatic carbocycles. The fraction of sp³-hybridized carbons (Fsp3) is 0.263. The summed E-state index contributed by atoms with van der Waals surface area (Å²) in [4.78, 5) is 12.0. The third-order valence-corrected chi connectivity index (χ3v) is 5.41. The van der Waals surface area contributed by atoms with E-state index in [2.05, 4.69) is 10.5 Å². The molecule has 0 spiro atoms. The van der Waals surface area contributed by atoms with Crippen molar-refractivity contribution in [3.8, 4) is 17.2 Å². The molecular formula is C19H19F3N2O3S2. The van der Waals surface area contributed by atoms with E-state index < -0.39 is 23.8 Å². The summed E-state index contributed by atoms with van der Waals surface area (Å²) in [6.45, 7) is 1.59. The van der Waals surface area contributed by atoms with E-state index in [9.17, 15) is 18.0 Å². The number of nitrogens with one attached hydrogen (secondary N) is 1. The maximum atomic E-state index is 12.6. The van der Waals surface area contributed by atoms with Gasteiger partial charge in [-0.1, -0.05) is 0 Å². The number of carbonyl (C=O) groups excluding carboxylic acids is 1. The van der Waals surface area contributed by atoms with Crippen molar-refractivity contribution in [2.75, 3.05) is 12.5 Å². The SMILES string of the molecule is CSC(=NNC(=O)[C@@H](C)Oc1ccc(Oc2ccc(C(F)(F)F)cc2)cc1)SC. The molecule has 1 amide bonds. The van der Waals surface area contributed by atoms with Crippen LogP contribution in [0.15, 0.2) is 53.6 Å². The lowest BCUT2D eigenvalue weighted by atomic mass is 10.2. The highest BCUT2D eigenvalue weighted by molar-refractivity contribution is 8.38. The van der Waals surface area contributed by atoms with Gasteiger partial charge in [-0.05, 0) is 68.0 Å². The van der Waals surface area contributed by atoms with E-state index in [0.717, 1.165) is 16.5 Å². The van der Waals surface area contributed by atoms with Gasteiger partial charge in [0, 0.05) is 0 Å². The maximum absolute atomic E-state index is 12.6. The number of rotatable bonds is 6. The van der Waals surface area contributed by atoms with Crippen LogP contribution in [0.1, 0.15) is 12.5 Å². The van der Waals surface area contributed by atoms with Crippen molar-refractivity contribution in [2.45, 2.75) is 19.2 Å². The van der Waals surface area contributed by atoms with Gasteiger partial charge in [0.2, 0.25) is 0 Å². The highest BCUT2D eigenvalue weighted by Crippen LogP contribution is 2.31. The Morgan fingerprint density at radius 2 is 1.45 bits per heavy atom. The summed E-state index contributed by atoms with van der Waals surface area (Å²) in [5.41, 5.74) is 1.70. The molecule has 0 unspecified atom stereocenters. The van der Waals surface area contributed by atoms with E-state index >= 15 is 0 Å². The number of hydrazone groups is 1. The first-order valence-electron chi connectivity index (χ1n) is 8.30. The minimum Gasteiger partial charge on any atom is -0.481 e. The van der Waals surface area contributed by atoms with Gasteiger partial charge >= 0.3 is 6.18 Å². The predicted molar refractivity (Wildman–Crippen MR) is 111 cm³/mol. The summed E-state index contributed by atoms with van der Waals surface area (Å²) in [7, 11) is 0. The number of alkyl halides is 3. The van der Waals surface area contributed by atoms with E-state index in [1.807, 2.05) is 12.5 Å². The molecule has 29 heavy (non-hydrogen) atoms. The highest BCUT2D eigenvalue weighted by Gasteiger charge is 2.30. The topological polar surface area (TPSA) is 59.9 Å². The lowest BCUT2D eigenvalue weighted by molar-refractivity contribution is -0.137. The van der Waals surface area contributed by atoms with E-state index in [0.29, 0.717) is 11.5 Å². The molecule has 1 atom stereocenters. The van der Waals surface area contributed by atoms with Gasteiger partial charge in [-0.3, -0.25) is 4.79 Å². The van der Waals surface area contributed by atoms with E-state index in [-0.39, 0.29) is 5.75 Å². The second-order valence-electron chi connectivity index (χ2n) is 5.62. The second-order valence-corrected chi connectivity index (χ2v) is 7.47. The molecule has 5 nitrogen and oxygen atoms in total. The molecule has 0 bridgehead atoms. The molecule has 0 saturated heterocycles. The summed E-state index contributed by atoms with van der Waals surface area (Å²) < 4.78 is 49.5. The van der Waals surface area contributed by atoms with Crippen LogP contribution in [-0.4, -0.2) is 28.9 Å². The van der Waals surface area contributed by atoms with Crippen LogP contribution >= 0.6 is 23.5 Å². The number of amides is 1. The maximum Gasteiger partial charge on any atom is 0.416 e. The van der Waals surface area contributed by atoms with Gasteiger partial charge in [-0.15, -0.1) is 23.5 Å². The minimum atomic E-state index is -4.39. The molecule has 0 fully saturated rings. The normalized spacial score (nSPS) is 12.1. The third-order valence-electron chi connectivity index (χ3n) is 3.53. The fourth-order valence-corrected chi connectivity index (χ4v) is 3.00. The Morgan fingerprint density at radius 1 is 0.966 bits per heavy atom.